The fourth-order valence-electron chi connectivity index (χ4n) is 5.09. The van der Waals surface area contributed by atoms with E-state index >= 15 is 0 Å². The largest absolute Gasteiger partial charge is 0.466 e. The van der Waals surface area contributed by atoms with Crippen molar-refractivity contribution in [2.75, 3.05) is 13.2 Å². The molecule has 204 valence electrons. The Morgan fingerprint density at radius 1 is 0.857 bits per heavy atom. The molecule has 1 N–H and O–H groups in total. The molecule has 2 unspecified atom stereocenters. The van der Waals surface area contributed by atoms with Crippen molar-refractivity contribution in [2.45, 2.75) is 135 Å². The zero-order valence-corrected chi connectivity index (χ0v) is 26.7. The Hall–Kier alpha value is -1.20. The summed E-state index contributed by atoms with van der Waals surface area (Å²) < 4.78 is 9.26. The fraction of sp³-hybridized carbons (Fsp3) is 0.885. The van der Waals surface area contributed by atoms with E-state index in [1.165, 1.54) is 6.92 Å². The van der Waals surface area contributed by atoms with Crippen LogP contribution in [0.15, 0.2) is 0 Å². The maximum atomic E-state index is 12.1. The van der Waals surface area contributed by atoms with Gasteiger partial charge >= 0.3 is 5.97 Å². The first-order valence-electron chi connectivity index (χ1n) is 12.9. The van der Waals surface area contributed by atoms with Crippen LogP contribution in [-0.2, 0) is 19.1 Å². The smallest absolute Gasteiger partial charge is 0.302 e. The van der Waals surface area contributed by atoms with E-state index in [-0.39, 0.29) is 45.5 Å². The van der Waals surface area contributed by atoms with Crippen LogP contribution in [0.3, 0.4) is 0 Å². The number of esters is 1. The first-order chi connectivity index (χ1) is 15.5. The van der Waals surface area contributed by atoms with E-state index in [2.05, 4.69) is 90.7 Å². The normalized spacial score (nSPS) is 25.4. The molecule has 2 aliphatic heterocycles. The van der Waals surface area contributed by atoms with Gasteiger partial charge in [-0.25, -0.2) is 0 Å². The summed E-state index contributed by atoms with van der Waals surface area (Å²) in [7, 11) is -3.64. The van der Waals surface area contributed by atoms with Crippen LogP contribution in [0.2, 0.25) is 36.3 Å². The number of carbonyl (C=O) groups is 3. The fourth-order valence-corrected chi connectivity index (χ4v) is 10.9. The first-order valence-corrected chi connectivity index (χ1v) is 18.8. The van der Waals surface area contributed by atoms with Gasteiger partial charge < -0.3 is 19.0 Å². The molecule has 0 bridgehead atoms. The number of ether oxygens (including phenoxy) is 1. The number of nitrogens with zero attached hydrogens (tertiary/aromatic N) is 2. The molecule has 0 aromatic carbocycles. The highest BCUT2D eigenvalue weighted by atomic mass is 28.3. The number of aliphatic hydroxyl groups is 1. The van der Waals surface area contributed by atoms with Gasteiger partial charge in [-0.1, -0.05) is 67.7 Å². The van der Waals surface area contributed by atoms with Crippen molar-refractivity contribution < 1.29 is 24.2 Å². The van der Waals surface area contributed by atoms with Gasteiger partial charge in [0.2, 0.25) is 11.8 Å². The van der Waals surface area contributed by atoms with Crippen molar-refractivity contribution >= 4 is 34.3 Å². The predicted molar refractivity (Wildman–Crippen MR) is 147 cm³/mol. The van der Waals surface area contributed by atoms with Gasteiger partial charge in [-0.3, -0.25) is 14.4 Å². The highest BCUT2D eigenvalue weighted by molar-refractivity contribution is 6.80. The minimum Gasteiger partial charge on any atom is -0.466 e. The summed E-state index contributed by atoms with van der Waals surface area (Å²) in [4.78, 5) is 34.8. The zero-order chi connectivity index (χ0) is 27.8. The summed E-state index contributed by atoms with van der Waals surface area (Å²) in [6, 6.07) is 0. The topological polar surface area (TPSA) is 87.1 Å². The lowest BCUT2D eigenvalue weighted by molar-refractivity contribution is -0.150. The van der Waals surface area contributed by atoms with Crippen molar-refractivity contribution in [2.24, 2.45) is 0 Å². The number of aliphatic hydroxyl groups excluding tert-OH is 1. The Morgan fingerprint density at radius 3 is 1.46 bits per heavy atom. The van der Waals surface area contributed by atoms with E-state index in [0.717, 1.165) is 6.42 Å². The molecule has 0 saturated carbocycles. The molecule has 2 saturated heterocycles. The molecular formula is C26H52N2O5Si2. The van der Waals surface area contributed by atoms with Crippen molar-refractivity contribution in [1.82, 2.24) is 9.13 Å². The van der Waals surface area contributed by atoms with Crippen molar-refractivity contribution in [3.05, 3.63) is 0 Å². The highest BCUT2D eigenvalue weighted by Crippen LogP contribution is 2.49. The molecular weight excluding hydrogens is 476 g/mol. The summed E-state index contributed by atoms with van der Waals surface area (Å²) in [5.74, 6) is 0.257. The van der Waals surface area contributed by atoms with Crippen LogP contribution in [0.5, 0.6) is 0 Å². The van der Waals surface area contributed by atoms with E-state index in [1.807, 2.05) is 0 Å². The predicted octanol–water partition coefficient (Wildman–Crippen LogP) is 5.30. The standard InChI is InChI=1S/C14H27NO3Si.C12H25NO2Si/c1-11(16)18-9-8-14(5)10-12(17)15(14)19(6,7)13(2,3)4;1-11(2,3)16(5,6)13-10(15)9-12(13,4)7-8-14/h8-10H2,1-7H3;14H,7-9H2,1-6H3. The average Bonchev–Trinajstić information content (AvgIpc) is 2.58. The Morgan fingerprint density at radius 2 is 1.20 bits per heavy atom. The lowest BCUT2D eigenvalue weighted by Gasteiger charge is -2.61. The number of amides is 2. The van der Waals surface area contributed by atoms with E-state index in [1.54, 1.807) is 0 Å². The van der Waals surface area contributed by atoms with Crippen LogP contribution in [0, 0.1) is 0 Å². The first kappa shape index (κ1) is 31.8. The minimum absolute atomic E-state index is 0.102. The van der Waals surface area contributed by atoms with Crippen LogP contribution < -0.4 is 0 Å². The van der Waals surface area contributed by atoms with Crippen LogP contribution in [0.1, 0.15) is 88.0 Å². The summed E-state index contributed by atoms with van der Waals surface area (Å²) >= 11 is 0. The van der Waals surface area contributed by atoms with Crippen molar-refractivity contribution in [1.29, 1.82) is 0 Å². The summed E-state index contributed by atoms with van der Waals surface area (Å²) in [5.41, 5.74) is -0.246. The van der Waals surface area contributed by atoms with Gasteiger partial charge in [0.05, 0.1) is 6.61 Å². The molecule has 0 radical (unpaired) electrons. The van der Waals surface area contributed by atoms with Crippen molar-refractivity contribution in [3.8, 4) is 0 Å². The van der Waals surface area contributed by atoms with Gasteiger partial charge in [0, 0.05) is 43.9 Å². The summed E-state index contributed by atoms with van der Waals surface area (Å²) in [5, 5.41) is 9.41. The average molecular weight is 529 g/mol. The second-order valence-corrected chi connectivity index (χ2v) is 24.1. The molecule has 2 rings (SSSR count). The maximum absolute atomic E-state index is 12.1. The molecule has 2 heterocycles. The molecule has 9 heteroatoms. The molecule has 0 aromatic rings. The van der Waals surface area contributed by atoms with Crippen LogP contribution in [0.25, 0.3) is 0 Å². The van der Waals surface area contributed by atoms with E-state index in [0.29, 0.717) is 25.9 Å². The van der Waals surface area contributed by atoms with Crippen LogP contribution in [-0.4, -0.2) is 72.8 Å². The molecule has 35 heavy (non-hydrogen) atoms. The van der Waals surface area contributed by atoms with Crippen LogP contribution >= 0.6 is 0 Å². The maximum Gasteiger partial charge on any atom is 0.302 e. The lowest BCUT2D eigenvalue weighted by Crippen LogP contribution is -2.73. The van der Waals surface area contributed by atoms with Gasteiger partial charge in [0.15, 0.2) is 16.5 Å². The van der Waals surface area contributed by atoms with Crippen LogP contribution in [0.4, 0.5) is 0 Å². The number of rotatable bonds is 7. The summed E-state index contributed by atoms with van der Waals surface area (Å²) in [6.45, 7) is 28.4. The van der Waals surface area contributed by atoms with E-state index in [9.17, 15) is 14.4 Å². The molecule has 2 fully saturated rings. The van der Waals surface area contributed by atoms with Gasteiger partial charge in [0.25, 0.3) is 0 Å². The third-order valence-corrected chi connectivity index (χ3v) is 20.2. The lowest BCUT2D eigenvalue weighted by atomic mass is 9.86. The van der Waals surface area contributed by atoms with Gasteiger partial charge in [-0.2, -0.15) is 0 Å². The highest BCUT2D eigenvalue weighted by Gasteiger charge is 2.58. The monoisotopic (exact) mass is 528 g/mol. The molecule has 0 aliphatic carbocycles. The number of hydrogen-bond acceptors (Lipinski definition) is 5. The van der Waals surface area contributed by atoms with E-state index < -0.39 is 16.5 Å². The summed E-state index contributed by atoms with van der Waals surface area (Å²) in [6.07, 6.45) is 2.59. The van der Waals surface area contributed by atoms with Gasteiger partial charge in [-0.05, 0) is 30.3 Å². The quantitative estimate of drug-likeness (QED) is 0.275. The molecule has 7 nitrogen and oxygen atoms in total. The number of hydrogen-bond donors (Lipinski definition) is 1. The molecule has 2 aliphatic rings. The molecule has 0 aromatic heterocycles. The van der Waals surface area contributed by atoms with Gasteiger partial charge in [-0.15, -0.1) is 0 Å². The zero-order valence-electron chi connectivity index (χ0n) is 24.7. The number of β-lactam (4-membered cyclic amide) rings is 2. The second kappa shape index (κ2) is 10.3. The van der Waals surface area contributed by atoms with Gasteiger partial charge in [0.1, 0.15) is 0 Å². The third-order valence-electron chi connectivity index (χ3n) is 9.03. The molecule has 0 spiro atoms. The molecule has 2 amide bonds. The SMILES string of the molecule is CC(=O)OCCC1(C)CC(=O)N1[Si](C)(C)C(C)(C)C.CC1(CCO)CC(=O)N1[Si](C)(C)C(C)(C)C. The second-order valence-electron chi connectivity index (χ2n) is 14.0. The Bertz CT molecular complexity index is 816. The minimum atomic E-state index is -1.85. The van der Waals surface area contributed by atoms with Crippen molar-refractivity contribution in [3.63, 3.8) is 0 Å². The Labute approximate surface area is 216 Å². The Balaban J connectivity index is 0.000000355. The molecule has 2 atom stereocenters. The number of carbonyl (C=O) groups excluding carboxylic acids is 3. The van der Waals surface area contributed by atoms with E-state index in [4.69, 9.17) is 9.84 Å². The Kier molecular flexibility index (Phi) is 9.35. The third kappa shape index (κ3) is 6.39.